The Balaban J connectivity index is 1.96. The first kappa shape index (κ1) is 13.9. The first-order valence-electron chi connectivity index (χ1n) is 6.32. The third kappa shape index (κ3) is 3.70. The van der Waals surface area contributed by atoms with E-state index in [9.17, 15) is 0 Å². The van der Waals surface area contributed by atoms with Crippen LogP contribution in [0.15, 0.2) is 30.5 Å². The molecule has 2 rings (SSSR count). The third-order valence-corrected chi connectivity index (χ3v) is 4.17. The van der Waals surface area contributed by atoms with E-state index in [0.29, 0.717) is 0 Å². The van der Waals surface area contributed by atoms with Gasteiger partial charge in [0.15, 0.2) is 0 Å². The topological polar surface area (TPSA) is 34.1 Å². The number of nitrogens with one attached hydrogen (secondary N) is 1. The quantitative estimate of drug-likeness (QED) is 0.914. The van der Waals surface area contributed by atoms with E-state index in [4.69, 9.17) is 4.74 Å². The summed E-state index contributed by atoms with van der Waals surface area (Å²) in [5.74, 6) is 0.873. The summed E-state index contributed by atoms with van der Waals surface area (Å²) in [5, 5.41) is 4.57. The maximum atomic E-state index is 5.14. The fourth-order valence-electron chi connectivity index (χ4n) is 1.63. The lowest BCUT2D eigenvalue weighted by Crippen LogP contribution is -2.09. The molecule has 1 aromatic heterocycles. The van der Waals surface area contributed by atoms with Crippen LogP contribution in [0.1, 0.15) is 30.7 Å². The van der Waals surface area contributed by atoms with Gasteiger partial charge in [-0.2, -0.15) is 0 Å². The van der Waals surface area contributed by atoms with Gasteiger partial charge in [0.05, 0.1) is 18.7 Å². The highest BCUT2D eigenvalue weighted by Crippen LogP contribution is 2.27. The Morgan fingerprint density at radius 2 is 1.89 bits per heavy atom. The van der Waals surface area contributed by atoms with E-state index in [1.54, 1.807) is 18.4 Å². The molecule has 0 fully saturated rings. The minimum atomic E-state index is 0.128. The number of anilines is 1. The van der Waals surface area contributed by atoms with Crippen LogP contribution in [0.3, 0.4) is 0 Å². The molecule has 19 heavy (non-hydrogen) atoms. The van der Waals surface area contributed by atoms with Gasteiger partial charge in [0.2, 0.25) is 0 Å². The minimum absolute atomic E-state index is 0.128. The number of ether oxygens (including phenoxy) is 1. The summed E-state index contributed by atoms with van der Waals surface area (Å²) in [4.78, 5) is 5.74. The van der Waals surface area contributed by atoms with Crippen molar-refractivity contribution in [3.8, 4) is 5.75 Å². The molecule has 102 valence electrons. The van der Waals surface area contributed by atoms with Crippen molar-refractivity contribution in [2.24, 2.45) is 0 Å². The Kier molecular flexibility index (Phi) is 4.10. The highest BCUT2D eigenvalue weighted by atomic mass is 32.1. The zero-order valence-electron chi connectivity index (χ0n) is 11.9. The van der Waals surface area contributed by atoms with Crippen LogP contribution in [0.2, 0.25) is 0 Å². The van der Waals surface area contributed by atoms with Gasteiger partial charge in [0, 0.05) is 22.2 Å². The molecule has 1 aromatic carbocycles. The predicted octanol–water partition coefficient (Wildman–Crippen LogP) is 4.06. The van der Waals surface area contributed by atoms with Crippen LogP contribution in [0.25, 0.3) is 0 Å². The molecule has 0 aliphatic rings. The first-order valence-corrected chi connectivity index (χ1v) is 7.14. The highest BCUT2D eigenvalue weighted by Gasteiger charge is 2.17. The van der Waals surface area contributed by atoms with E-state index < -0.39 is 0 Å². The van der Waals surface area contributed by atoms with Gasteiger partial charge in [0.25, 0.3) is 0 Å². The summed E-state index contributed by atoms with van der Waals surface area (Å²) in [7, 11) is 1.67. The van der Waals surface area contributed by atoms with E-state index in [0.717, 1.165) is 18.0 Å². The first-order chi connectivity index (χ1) is 8.99. The number of benzene rings is 1. The lowest BCUT2D eigenvalue weighted by Gasteiger charge is -2.13. The van der Waals surface area contributed by atoms with Gasteiger partial charge in [-0.05, 0) is 24.3 Å². The summed E-state index contributed by atoms with van der Waals surface area (Å²) < 4.78 is 5.14. The monoisotopic (exact) mass is 276 g/mol. The Bertz CT molecular complexity index is 526. The fraction of sp³-hybridized carbons (Fsp3) is 0.400. The number of nitrogens with zero attached hydrogens (tertiary/aromatic N) is 1. The molecule has 0 bridgehead atoms. The molecular weight excluding hydrogens is 256 g/mol. The largest absolute Gasteiger partial charge is 0.497 e. The summed E-state index contributed by atoms with van der Waals surface area (Å²) in [6.07, 6.45) is 1.96. The minimum Gasteiger partial charge on any atom is -0.497 e. The van der Waals surface area contributed by atoms with Gasteiger partial charge in [-0.15, -0.1) is 11.3 Å². The molecule has 4 heteroatoms. The molecular formula is C15H20N2OS. The normalized spacial score (nSPS) is 11.4. The molecule has 1 heterocycles. The Labute approximate surface area is 118 Å². The van der Waals surface area contributed by atoms with Gasteiger partial charge in [-0.1, -0.05) is 20.8 Å². The standard InChI is InChI=1S/C15H20N2OS/c1-15(2,3)14-17-10-13(19-14)9-16-11-5-7-12(18-4)8-6-11/h5-8,10,16H,9H2,1-4H3. The van der Waals surface area contributed by atoms with E-state index in [-0.39, 0.29) is 5.41 Å². The SMILES string of the molecule is COc1ccc(NCc2cnc(C(C)(C)C)s2)cc1. The van der Waals surface area contributed by atoms with Gasteiger partial charge < -0.3 is 10.1 Å². The van der Waals surface area contributed by atoms with Crippen molar-refractivity contribution in [2.75, 3.05) is 12.4 Å². The van der Waals surface area contributed by atoms with Crippen molar-refractivity contribution in [3.05, 3.63) is 40.3 Å². The summed E-state index contributed by atoms with van der Waals surface area (Å²) in [5.41, 5.74) is 1.22. The van der Waals surface area contributed by atoms with Crippen LogP contribution in [0, 0.1) is 0 Å². The number of methoxy groups -OCH3 is 1. The molecule has 0 spiro atoms. The lowest BCUT2D eigenvalue weighted by molar-refractivity contribution is 0.415. The Morgan fingerprint density at radius 1 is 1.21 bits per heavy atom. The van der Waals surface area contributed by atoms with Crippen LogP contribution in [-0.2, 0) is 12.0 Å². The lowest BCUT2D eigenvalue weighted by atomic mass is 9.98. The molecule has 0 radical (unpaired) electrons. The van der Waals surface area contributed by atoms with Gasteiger partial charge in [-0.3, -0.25) is 0 Å². The van der Waals surface area contributed by atoms with Gasteiger partial charge in [0.1, 0.15) is 5.75 Å². The average Bonchev–Trinajstić information content (AvgIpc) is 2.86. The Hall–Kier alpha value is -1.55. The molecule has 0 atom stereocenters. The van der Waals surface area contributed by atoms with Crippen molar-refractivity contribution in [1.82, 2.24) is 4.98 Å². The number of rotatable bonds is 4. The van der Waals surface area contributed by atoms with Crippen LogP contribution in [0.5, 0.6) is 5.75 Å². The van der Waals surface area contributed by atoms with Crippen molar-refractivity contribution in [2.45, 2.75) is 32.7 Å². The average molecular weight is 276 g/mol. The van der Waals surface area contributed by atoms with E-state index in [1.165, 1.54) is 9.88 Å². The second-order valence-corrected chi connectivity index (χ2v) is 6.58. The second-order valence-electron chi connectivity index (χ2n) is 5.46. The molecule has 0 saturated heterocycles. The molecule has 0 aliphatic carbocycles. The summed E-state index contributed by atoms with van der Waals surface area (Å²) in [6, 6.07) is 7.94. The number of aromatic nitrogens is 1. The zero-order valence-corrected chi connectivity index (χ0v) is 12.7. The van der Waals surface area contributed by atoms with E-state index in [2.05, 4.69) is 31.1 Å². The Morgan fingerprint density at radius 3 is 2.42 bits per heavy atom. The number of thiazole rings is 1. The number of hydrogen-bond acceptors (Lipinski definition) is 4. The van der Waals surface area contributed by atoms with Crippen LogP contribution >= 0.6 is 11.3 Å². The van der Waals surface area contributed by atoms with Crippen molar-refractivity contribution in [3.63, 3.8) is 0 Å². The maximum Gasteiger partial charge on any atom is 0.119 e. The smallest absolute Gasteiger partial charge is 0.119 e. The predicted molar refractivity (Wildman–Crippen MR) is 81.1 cm³/mol. The molecule has 2 aromatic rings. The molecule has 0 saturated carbocycles. The molecule has 0 amide bonds. The summed E-state index contributed by atoms with van der Waals surface area (Å²) >= 11 is 1.77. The van der Waals surface area contributed by atoms with E-state index in [1.807, 2.05) is 30.5 Å². The van der Waals surface area contributed by atoms with Crippen LogP contribution in [-0.4, -0.2) is 12.1 Å². The van der Waals surface area contributed by atoms with Crippen molar-refractivity contribution in [1.29, 1.82) is 0 Å². The third-order valence-electron chi connectivity index (χ3n) is 2.75. The van der Waals surface area contributed by atoms with E-state index >= 15 is 0 Å². The highest BCUT2D eigenvalue weighted by molar-refractivity contribution is 7.11. The number of hydrogen-bond donors (Lipinski definition) is 1. The fourth-order valence-corrected chi connectivity index (χ4v) is 2.54. The van der Waals surface area contributed by atoms with Crippen molar-refractivity contribution >= 4 is 17.0 Å². The zero-order chi connectivity index (χ0) is 13.9. The van der Waals surface area contributed by atoms with Crippen LogP contribution in [0.4, 0.5) is 5.69 Å². The maximum absolute atomic E-state index is 5.14. The van der Waals surface area contributed by atoms with Gasteiger partial charge >= 0.3 is 0 Å². The summed E-state index contributed by atoms with van der Waals surface area (Å²) in [6.45, 7) is 7.37. The molecule has 1 N–H and O–H groups in total. The molecule has 0 unspecified atom stereocenters. The van der Waals surface area contributed by atoms with Gasteiger partial charge in [-0.25, -0.2) is 4.98 Å². The van der Waals surface area contributed by atoms with Crippen molar-refractivity contribution < 1.29 is 4.74 Å². The second kappa shape index (κ2) is 5.61. The van der Waals surface area contributed by atoms with Crippen LogP contribution < -0.4 is 10.1 Å². The molecule has 0 aliphatic heterocycles. The molecule has 3 nitrogen and oxygen atoms in total.